The second-order valence-corrected chi connectivity index (χ2v) is 7.14. The van der Waals surface area contributed by atoms with Crippen molar-refractivity contribution in [2.24, 2.45) is 5.73 Å². The van der Waals surface area contributed by atoms with E-state index in [9.17, 15) is 4.79 Å². The van der Waals surface area contributed by atoms with Gasteiger partial charge >= 0.3 is 0 Å². The van der Waals surface area contributed by atoms with Gasteiger partial charge in [-0.1, -0.05) is 0 Å². The lowest BCUT2D eigenvalue weighted by atomic mass is 10.2. The summed E-state index contributed by atoms with van der Waals surface area (Å²) in [4.78, 5) is 17.3. The third-order valence-corrected chi connectivity index (χ3v) is 4.69. The molecule has 1 amide bonds. The van der Waals surface area contributed by atoms with Gasteiger partial charge in [-0.3, -0.25) is 9.69 Å². The van der Waals surface area contributed by atoms with Gasteiger partial charge in [0.1, 0.15) is 0 Å². The van der Waals surface area contributed by atoms with Gasteiger partial charge in [0.15, 0.2) is 0 Å². The van der Waals surface area contributed by atoms with Crippen LogP contribution in [-0.2, 0) is 11.3 Å². The highest BCUT2D eigenvalue weighted by Crippen LogP contribution is 2.23. The van der Waals surface area contributed by atoms with Crippen molar-refractivity contribution < 1.29 is 4.79 Å². The van der Waals surface area contributed by atoms with E-state index in [0.29, 0.717) is 0 Å². The van der Waals surface area contributed by atoms with Gasteiger partial charge in [0, 0.05) is 37.6 Å². The number of piperazine rings is 1. The van der Waals surface area contributed by atoms with Gasteiger partial charge in [0.2, 0.25) is 5.91 Å². The van der Waals surface area contributed by atoms with Gasteiger partial charge in [-0.05, 0) is 35.0 Å². The molecule has 0 radical (unpaired) electrons. The van der Waals surface area contributed by atoms with Gasteiger partial charge in [-0.25, -0.2) is 0 Å². The Hall–Kier alpha value is 0.150. The van der Waals surface area contributed by atoms with Crippen molar-refractivity contribution in [3.05, 3.63) is 20.8 Å². The largest absolute Gasteiger partial charge is 0.339 e. The van der Waals surface area contributed by atoms with Gasteiger partial charge in [-0.2, -0.15) is 0 Å². The third-order valence-electron chi connectivity index (χ3n) is 3.08. The summed E-state index contributed by atoms with van der Waals surface area (Å²) in [6.07, 6.45) is 0. The van der Waals surface area contributed by atoms with Crippen molar-refractivity contribution in [2.75, 3.05) is 26.2 Å². The average molecular weight is 405 g/mol. The molecule has 2 N–H and O–H groups in total. The molecule has 1 atom stereocenters. The molecule has 4 nitrogen and oxygen atoms in total. The Bertz CT molecular complexity index is 423. The predicted molar refractivity (Wildman–Crippen MR) is 92.0 cm³/mol. The average Bonchev–Trinajstić information content (AvgIpc) is 2.75. The highest BCUT2D eigenvalue weighted by molar-refractivity contribution is 9.11. The number of carbonyl (C=O) groups is 1. The Morgan fingerprint density at radius 1 is 1.35 bits per heavy atom. The maximum Gasteiger partial charge on any atom is 0.239 e. The van der Waals surface area contributed by atoms with Crippen LogP contribution in [0.2, 0.25) is 0 Å². The highest BCUT2D eigenvalue weighted by atomic mass is 79.9. The summed E-state index contributed by atoms with van der Waals surface area (Å²) >= 11 is 5.24. The lowest BCUT2D eigenvalue weighted by Gasteiger charge is -2.35. The summed E-state index contributed by atoms with van der Waals surface area (Å²) in [5.41, 5.74) is 5.62. The zero-order valence-corrected chi connectivity index (χ0v) is 15.3. The number of halogens is 3. The first-order valence-electron chi connectivity index (χ1n) is 6.07. The molecule has 0 aliphatic carbocycles. The molecule has 2 rings (SSSR count). The van der Waals surface area contributed by atoms with Crippen LogP contribution >= 0.6 is 52.1 Å². The Kier molecular flexibility index (Phi) is 9.29. The van der Waals surface area contributed by atoms with Crippen molar-refractivity contribution in [1.82, 2.24) is 9.80 Å². The predicted octanol–water partition coefficient (Wildman–Crippen LogP) is 2.35. The molecular formula is C12H20BrCl2N3OS. The van der Waals surface area contributed by atoms with E-state index in [-0.39, 0.29) is 36.8 Å². The van der Waals surface area contributed by atoms with Crippen LogP contribution in [0.3, 0.4) is 0 Å². The van der Waals surface area contributed by atoms with Crippen LogP contribution in [0.1, 0.15) is 11.8 Å². The van der Waals surface area contributed by atoms with Gasteiger partial charge in [0.05, 0.1) is 9.83 Å². The van der Waals surface area contributed by atoms with E-state index in [4.69, 9.17) is 5.73 Å². The molecule has 0 saturated carbocycles. The van der Waals surface area contributed by atoms with Gasteiger partial charge in [0.25, 0.3) is 0 Å². The van der Waals surface area contributed by atoms with E-state index in [1.165, 1.54) is 8.66 Å². The normalized spacial score (nSPS) is 17.1. The number of carbonyl (C=O) groups excluding carboxylic acids is 1. The molecule has 0 spiro atoms. The molecule has 20 heavy (non-hydrogen) atoms. The number of nitrogens with two attached hydrogens (primary N) is 1. The number of hydrogen-bond donors (Lipinski definition) is 1. The first kappa shape index (κ1) is 20.1. The Labute approximate surface area is 144 Å². The molecule has 2 heterocycles. The molecule has 1 aliphatic heterocycles. The Balaban J connectivity index is 0.00000180. The highest BCUT2D eigenvalue weighted by Gasteiger charge is 2.23. The smallest absolute Gasteiger partial charge is 0.239 e. The Morgan fingerprint density at radius 2 is 1.95 bits per heavy atom. The number of hydrogen-bond acceptors (Lipinski definition) is 4. The lowest BCUT2D eigenvalue weighted by Crippen LogP contribution is -2.52. The van der Waals surface area contributed by atoms with Crippen molar-refractivity contribution in [2.45, 2.75) is 19.5 Å². The zero-order chi connectivity index (χ0) is 13.1. The quantitative estimate of drug-likeness (QED) is 0.840. The Morgan fingerprint density at radius 3 is 2.40 bits per heavy atom. The van der Waals surface area contributed by atoms with Gasteiger partial charge < -0.3 is 10.6 Å². The van der Waals surface area contributed by atoms with Crippen LogP contribution < -0.4 is 5.73 Å². The minimum absolute atomic E-state index is 0. The molecule has 1 aromatic heterocycles. The van der Waals surface area contributed by atoms with E-state index in [1.54, 1.807) is 18.3 Å². The SMILES string of the molecule is C[C@@H](N)C(=O)N1CCN(Cc2ccc(Br)s2)CC1.Cl.Cl. The molecule has 0 aromatic carbocycles. The maximum absolute atomic E-state index is 11.7. The summed E-state index contributed by atoms with van der Waals surface area (Å²) in [7, 11) is 0. The van der Waals surface area contributed by atoms with Crippen LogP contribution in [-0.4, -0.2) is 47.9 Å². The zero-order valence-electron chi connectivity index (χ0n) is 11.3. The van der Waals surface area contributed by atoms with Crippen LogP contribution in [0.15, 0.2) is 15.9 Å². The molecule has 116 valence electrons. The number of thiophene rings is 1. The van der Waals surface area contributed by atoms with E-state index in [0.717, 1.165) is 32.7 Å². The van der Waals surface area contributed by atoms with E-state index < -0.39 is 0 Å². The van der Waals surface area contributed by atoms with Gasteiger partial charge in [-0.15, -0.1) is 36.2 Å². The summed E-state index contributed by atoms with van der Waals surface area (Å²) in [6, 6.07) is 3.84. The van der Waals surface area contributed by atoms with Crippen molar-refractivity contribution in [3.63, 3.8) is 0 Å². The van der Waals surface area contributed by atoms with Crippen LogP contribution in [0, 0.1) is 0 Å². The molecule has 1 saturated heterocycles. The summed E-state index contributed by atoms with van der Waals surface area (Å²) in [6.45, 7) is 6.14. The maximum atomic E-state index is 11.7. The van der Waals surface area contributed by atoms with E-state index in [2.05, 4.69) is 33.0 Å². The fraction of sp³-hybridized carbons (Fsp3) is 0.583. The molecule has 1 fully saturated rings. The fourth-order valence-corrected chi connectivity index (χ4v) is 3.60. The minimum atomic E-state index is -0.384. The number of nitrogens with zero attached hydrogens (tertiary/aromatic N) is 2. The monoisotopic (exact) mass is 403 g/mol. The first-order valence-corrected chi connectivity index (χ1v) is 7.68. The molecule has 0 unspecified atom stereocenters. The van der Waals surface area contributed by atoms with Crippen LogP contribution in [0.5, 0.6) is 0 Å². The topological polar surface area (TPSA) is 49.6 Å². The third kappa shape index (κ3) is 5.50. The number of amides is 1. The second-order valence-electron chi connectivity index (χ2n) is 4.60. The lowest BCUT2D eigenvalue weighted by molar-refractivity contribution is -0.134. The van der Waals surface area contributed by atoms with Crippen molar-refractivity contribution >= 4 is 58.0 Å². The van der Waals surface area contributed by atoms with Crippen LogP contribution in [0.25, 0.3) is 0 Å². The molecule has 1 aliphatic rings. The molecule has 0 bridgehead atoms. The molecule has 1 aromatic rings. The summed E-state index contributed by atoms with van der Waals surface area (Å²) in [5, 5.41) is 0. The van der Waals surface area contributed by atoms with Crippen molar-refractivity contribution in [1.29, 1.82) is 0 Å². The van der Waals surface area contributed by atoms with Crippen molar-refractivity contribution in [3.8, 4) is 0 Å². The number of rotatable bonds is 3. The minimum Gasteiger partial charge on any atom is -0.339 e. The van der Waals surface area contributed by atoms with E-state index >= 15 is 0 Å². The molecular weight excluding hydrogens is 385 g/mol. The van der Waals surface area contributed by atoms with Crippen LogP contribution in [0.4, 0.5) is 0 Å². The summed E-state index contributed by atoms with van der Waals surface area (Å²) < 4.78 is 1.17. The van der Waals surface area contributed by atoms with E-state index in [1.807, 2.05) is 4.90 Å². The summed E-state index contributed by atoms with van der Waals surface area (Å²) in [5.74, 6) is 0.0634. The first-order chi connectivity index (χ1) is 8.56. The standard InChI is InChI=1S/C12H18BrN3OS.2ClH/c1-9(14)12(17)16-6-4-15(5-7-16)8-10-2-3-11(13)18-10;;/h2-3,9H,4-8,14H2,1H3;2*1H/t9-;;/m1../s1. The fourth-order valence-electron chi connectivity index (χ4n) is 2.07. The molecule has 8 heteroatoms. The second kappa shape index (κ2) is 9.23.